The summed E-state index contributed by atoms with van der Waals surface area (Å²) < 4.78 is 8.13. The largest absolute Gasteiger partial charge is 0.457 e. The molecule has 198 valence electrons. The highest BCUT2D eigenvalue weighted by Gasteiger charge is 2.30. The molecule has 5 rings (SSSR count). The molecule has 8 heteroatoms. The van der Waals surface area contributed by atoms with E-state index in [4.69, 9.17) is 9.72 Å². The van der Waals surface area contributed by atoms with Crippen LogP contribution in [0.1, 0.15) is 55.2 Å². The first-order valence-electron chi connectivity index (χ1n) is 13.2. The van der Waals surface area contributed by atoms with Crippen molar-refractivity contribution in [3.05, 3.63) is 71.5 Å². The molecule has 1 amide bonds. The number of carbonyl (C=O) groups excluding carboxylic acids is 1. The summed E-state index contributed by atoms with van der Waals surface area (Å²) in [6, 6.07) is 16.3. The van der Waals surface area contributed by atoms with Crippen LogP contribution in [0.25, 0.3) is 11.0 Å². The summed E-state index contributed by atoms with van der Waals surface area (Å²) in [4.78, 5) is 24.1. The molecule has 2 aromatic heterocycles. The fourth-order valence-corrected chi connectivity index (χ4v) is 4.84. The van der Waals surface area contributed by atoms with E-state index in [-0.39, 0.29) is 11.9 Å². The van der Waals surface area contributed by atoms with Crippen LogP contribution in [0.3, 0.4) is 0 Å². The molecule has 1 aliphatic heterocycles. The van der Waals surface area contributed by atoms with Crippen LogP contribution in [0.5, 0.6) is 11.5 Å². The number of fused-ring (bicyclic) bond motifs is 1. The maximum atomic E-state index is 12.7. The topological polar surface area (TPSA) is 84.3 Å². The maximum Gasteiger partial charge on any atom is 0.270 e. The van der Waals surface area contributed by atoms with Crippen molar-refractivity contribution < 1.29 is 9.53 Å². The second kappa shape index (κ2) is 10.5. The minimum Gasteiger partial charge on any atom is -0.457 e. The van der Waals surface area contributed by atoms with Gasteiger partial charge in [-0.1, -0.05) is 19.9 Å². The number of rotatable bonds is 8. The van der Waals surface area contributed by atoms with Gasteiger partial charge in [-0.25, -0.2) is 4.98 Å². The third-order valence-corrected chi connectivity index (χ3v) is 7.18. The molecule has 0 spiro atoms. The summed E-state index contributed by atoms with van der Waals surface area (Å²) in [6.07, 6.45) is 1.60. The van der Waals surface area contributed by atoms with E-state index in [1.807, 2.05) is 29.8 Å². The standard InChI is InChI=1S/C30H36N6O2/c1-18(2)25-13-21(8-7-20(25)5)33-30-34-26-14-23(9-10-28(26)35(30)6)38-24-11-12-31-27(15-24)29(37)32-22-16-36(17-22)19(3)4/h7-15,18-19,22H,16-17H2,1-6H3,(H,32,37)(H,33,34). The number of ether oxygens (including phenoxy) is 1. The number of carbonyl (C=O) groups is 1. The van der Waals surface area contributed by atoms with E-state index in [1.54, 1.807) is 18.3 Å². The van der Waals surface area contributed by atoms with Crippen LogP contribution in [0, 0.1) is 6.92 Å². The molecule has 2 aromatic carbocycles. The number of hydrogen-bond acceptors (Lipinski definition) is 6. The lowest BCUT2D eigenvalue weighted by Crippen LogP contribution is -2.61. The molecule has 0 unspecified atom stereocenters. The minimum absolute atomic E-state index is 0.155. The Bertz CT molecular complexity index is 1470. The molecule has 0 bridgehead atoms. The smallest absolute Gasteiger partial charge is 0.270 e. The minimum atomic E-state index is -0.184. The maximum absolute atomic E-state index is 12.7. The molecule has 2 N–H and O–H groups in total. The summed E-state index contributed by atoms with van der Waals surface area (Å²) in [5, 5.41) is 6.52. The SMILES string of the molecule is Cc1ccc(Nc2nc3cc(Oc4ccnc(C(=O)NC5CN(C(C)C)C5)c4)ccc3n2C)cc1C(C)C. The van der Waals surface area contributed by atoms with Crippen molar-refractivity contribution in [2.24, 2.45) is 7.05 Å². The van der Waals surface area contributed by atoms with Gasteiger partial charge in [-0.2, -0.15) is 0 Å². The second-order valence-electron chi connectivity index (χ2n) is 10.7. The average Bonchev–Trinajstić information content (AvgIpc) is 3.16. The Morgan fingerprint density at radius 1 is 1.03 bits per heavy atom. The van der Waals surface area contributed by atoms with Gasteiger partial charge in [-0.15, -0.1) is 0 Å². The van der Waals surface area contributed by atoms with Gasteiger partial charge in [0.25, 0.3) is 5.91 Å². The van der Waals surface area contributed by atoms with Crippen molar-refractivity contribution in [1.29, 1.82) is 0 Å². The third kappa shape index (κ3) is 5.36. The lowest BCUT2D eigenvalue weighted by atomic mass is 9.97. The van der Waals surface area contributed by atoms with E-state index in [0.29, 0.717) is 29.2 Å². The fourth-order valence-electron chi connectivity index (χ4n) is 4.84. The van der Waals surface area contributed by atoms with E-state index in [0.717, 1.165) is 35.8 Å². The average molecular weight is 513 g/mol. The van der Waals surface area contributed by atoms with Gasteiger partial charge in [-0.3, -0.25) is 14.7 Å². The van der Waals surface area contributed by atoms with Crippen LogP contribution >= 0.6 is 0 Å². The second-order valence-corrected chi connectivity index (χ2v) is 10.7. The number of likely N-dealkylation sites (tertiary alicyclic amines) is 1. The number of hydrogen-bond donors (Lipinski definition) is 2. The summed E-state index contributed by atoms with van der Waals surface area (Å²) >= 11 is 0. The number of nitrogens with zero attached hydrogens (tertiary/aromatic N) is 4. The van der Waals surface area contributed by atoms with Crippen molar-refractivity contribution in [1.82, 2.24) is 24.8 Å². The van der Waals surface area contributed by atoms with Gasteiger partial charge in [0.1, 0.15) is 17.2 Å². The number of benzene rings is 2. The van der Waals surface area contributed by atoms with Gasteiger partial charge < -0.3 is 19.9 Å². The normalized spacial score (nSPS) is 14.2. The summed E-state index contributed by atoms with van der Waals surface area (Å²) in [7, 11) is 1.99. The fraction of sp³-hybridized carbons (Fsp3) is 0.367. The van der Waals surface area contributed by atoms with Crippen molar-refractivity contribution in [2.45, 2.75) is 52.6 Å². The van der Waals surface area contributed by atoms with Crippen molar-refractivity contribution in [3.63, 3.8) is 0 Å². The lowest BCUT2D eigenvalue weighted by molar-refractivity contribution is 0.0710. The van der Waals surface area contributed by atoms with Gasteiger partial charge in [0, 0.05) is 50.2 Å². The van der Waals surface area contributed by atoms with Gasteiger partial charge >= 0.3 is 0 Å². The molecule has 1 aliphatic rings. The molecule has 3 heterocycles. The zero-order valence-electron chi connectivity index (χ0n) is 22.9. The number of imidazole rings is 1. The number of aromatic nitrogens is 3. The van der Waals surface area contributed by atoms with Crippen LogP contribution in [-0.4, -0.2) is 50.5 Å². The van der Waals surface area contributed by atoms with Crippen molar-refractivity contribution in [3.8, 4) is 11.5 Å². The van der Waals surface area contributed by atoms with Gasteiger partial charge in [0.2, 0.25) is 5.95 Å². The first-order chi connectivity index (χ1) is 18.2. The molecular formula is C30H36N6O2. The van der Waals surface area contributed by atoms with E-state index in [1.165, 1.54) is 11.1 Å². The summed E-state index contributed by atoms with van der Waals surface area (Å²) in [6.45, 7) is 12.6. The molecule has 0 saturated carbocycles. The molecule has 1 fully saturated rings. The molecule has 0 atom stereocenters. The highest BCUT2D eigenvalue weighted by Crippen LogP contribution is 2.29. The molecule has 1 saturated heterocycles. The van der Waals surface area contributed by atoms with Gasteiger partial charge in [0.15, 0.2) is 0 Å². The molecular weight excluding hydrogens is 476 g/mol. The number of amides is 1. The molecule has 8 nitrogen and oxygen atoms in total. The van der Waals surface area contributed by atoms with E-state index < -0.39 is 0 Å². The van der Waals surface area contributed by atoms with E-state index in [2.05, 4.69) is 73.3 Å². The monoisotopic (exact) mass is 512 g/mol. The van der Waals surface area contributed by atoms with E-state index >= 15 is 0 Å². The Hall–Kier alpha value is -3.91. The van der Waals surface area contributed by atoms with Crippen LogP contribution in [0.4, 0.5) is 11.6 Å². The quantitative estimate of drug-likeness (QED) is 0.312. The van der Waals surface area contributed by atoms with Crippen LogP contribution in [0.2, 0.25) is 0 Å². The van der Waals surface area contributed by atoms with Crippen molar-refractivity contribution >= 4 is 28.6 Å². The molecule has 38 heavy (non-hydrogen) atoms. The zero-order valence-corrected chi connectivity index (χ0v) is 22.9. The lowest BCUT2D eigenvalue weighted by Gasteiger charge is -2.42. The van der Waals surface area contributed by atoms with Crippen LogP contribution in [-0.2, 0) is 7.05 Å². The Morgan fingerprint density at radius 2 is 1.79 bits per heavy atom. The molecule has 4 aromatic rings. The Balaban J connectivity index is 1.29. The van der Waals surface area contributed by atoms with Gasteiger partial charge in [0.05, 0.1) is 17.1 Å². The molecule has 0 radical (unpaired) electrons. The number of aryl methyl sites for hydroxylation is 2. The van der Waals surface area contributed by atoms with E-state index in [9.17, 15) is 4.79 Å². The number of nitrogens with one attached hydrogen (secondary N) is 2. The third-order valence-electron chi connectivity index (χ3n) is 7.18. The first-order valence-corrected chi connectivity index (χ1v) is 13.2. The Labute approximate surface area is 224 Å². The first kappa shape index (κ1) is 25.7. The number of pyridine rings is 1. The highest BCUT2D eigenvalue weighted by atomic mass is 16.5. The number of anilines is 2. The Kier molecular flexibility index (Phi) is 7.08. The highest BCUT2D eigenvalue weighted by molar-refractivity contribution is 5.93. The van der Waals surface area contributed by atoms with Crippen molar-refractivity contribution in [2.75, 3.05) is 18.4 Å². The summed E-state index contributed by atoms with van der Waals surface area (Å²) in [5.74, 6) is 2.22. The molecule has 0 aliphatic carbocycles. The van der Waals surface area contributed by atoms with Crippen LogP contribution in [0.15, 0.2) is 54.7 Å². The predicted octanol–water partition coefficient (Wildman–Crippen LogP) is 5.76. The van der Waals surface area contributed by atoms with Gasteiger partial charge in [-0.05, 0) is 68.1 Å². The summed E-state index contributed by atoms with van der Waals surface area (Å²) in [5.41, 5.74) is 5.76. The van der Waals surface area contributed by atoms with Crippen LogP contribution < -0.4 is 15.4 Å². The predicted molar refractivity (Wildman–Crippen MR) is 152 cm³/mol. The Morgan fingerprint density at radius 3 is 2.53 bits per heavy atom. The zero-order chi connectivity index (χ0) is 27.0.